The summed E-state index contributed by atoms with van der Waals surface area (Å²) in [6.45, 7) is 1.02. The van der Waals surface area contributed by atoms with Crippen molar-refractivity contribution in [1.29, 1.82) is 0 Å². The number of carbonyl (C=O) groups excluding carboxylic acids is 2. The lowest BCUT2D eigenvalue weighted by Gasteiger charge is -2.20. The molecule has 0 spiro atoms. The van der Waals surface area contributed by atoms with E-state index in [4.69, 9.17) is 14.4 Å². The van der Waals surface area contributed by atoms with Gasteiger partial charge in [-0.25, -0.2) is 4.57 Å². The van der Waals surface area contributed by atoms with Gasteiger partial charge in [0.05, 0.1) is 26.4 Å². The van der Waals surface area contributed by atoms with E-state index in [-0.39, 0.29) is 6.42 Å². The molecule has 3 unspecified atom stereocenters. The second kappa shape index (κ2) is 19.4. The van der Waals surface area contributed by atoms with Crippen molar-refractivity contribution in [2.45, 2.75) is 96.7 Å². The van der Waals surface area contributed by atoms with Crippen LogP contribution in [-0.4, -0.2) is 65.7 Å². The molecule has 3 atom stereocenters. The van der Waals surface area contributed by atoms with E-state index in [9.17, 15) is 24.2 Å². The number of carbonyl (C=O) groups is 2. The van der Waals surface area contributed by atoms with Crippen LogP contribution >= 0.6 is 7.82 Å². The number of rotatable bonds is 21. The Hall–Kier alpha value is -1.03. The molecule has 0 bridgehead atoms. The second-order valence-electron chi connectivity index (χ2n) is 7.70. The molecule has 0 heterocycles. The highest BCUT2D eigenvalue weighted by atomic mass is 31.2. The summed E-state index contributed by atoms with van der Waals surface area (Å²) in [6.07, 6.45) is 9.34. The molecule has 0 aromatic carbocycles. The van der Waals surface area contributed by atoms with E-state index in [2.05, 4.69) is 16.2 Å². The van der Waals surface area contributed by atoms with Gasteiger partial charge in [-0.15, -0.1) is 0 Å². The number of ether oxygens (including phenoxy) is 2. The van der Waals surface area contributed by atoms with Gasteiger partial charge >= 0.3 is 19.8 Å². The van der Waals surface area contributed by atoms with Gasteiger partial charge in [0.2, 0.25) is 0 Å². The zero-order chi connectivity index (χ0) is 24.2. The fourth-order valence-corrected chi connectivity index (χ4v) is 3.66. The number of phosphoric acid groups is 1. The molecule has 0 amide bonds. The maximum absolute atomic E-state index is 11.9. The fourth-order valence-electron chi connectivity index (χ4n) is 2.88. The summed E-state index contributed by atoms with van der Waals surface area (Å²) in [5.74, 6) is -1.20. The number of aliphatic hydroxyl groups excluding tert-OH is 2. The molecule has 0 aromatic rings. The van der Waals surface area contributed by atoms with Gasteiger partial charge in [0.25, 0.3) is 0 Å². The molecule has 0 saturated carbocycles. The van der Waals surface area contributed by atoms with E-state index in [0.717, 1.165) is 26.2 Å². The first kappa shape index (κ1) is 31.0. The smallest absolute Gasteiger partial charge is 0.458 e. The van der Waals surface area contributed by atoms with Crippen LogP contribution in [0.2, 0.25) is 0 Å². The number of unbranched alkanes of at least 4 members (excludes halogenated alkanes) is 9. The number of phosphoric ester groups is 1. The first-order valence-corrected chi connectivity index (χ1v) is 12.9. The summed E-state index contributed by atoms with van der Waals surface area (Å²) in [4.78, 5) is 32.4. The summed E-state index contributed by atoms with van der Waals surface area (Å²) in [5.41, 5.74) is 0. The van der Waals surface area contributed by atoms with Crippen LogP contribution in [0.5, 0.6) is 0 Å². The summed E-state index contributed by atoms with van der Waals surface area (Å²) in [5, 5.41) is 18.4. The predicted octanol–water partition coefficient (Wildman–Crippen LogP) is 3.26. The van der Waals surface area contributed by atoms with Crippen molar-refractivity contribution in [2.75, 3.05) is 26.4 Å². The first-order valence-electron chi connectivity index (χ1n) is 11.4. The van der Waals surface area contributed by atoms with E-state index in [1.807, 2.05) is 0 Å². The van der Waals surface area contributed by atoms with Crippen molar-refractivity contribution in [2.24, 2.45) is 0 Å². The largest absolute Gasteiger partial charge is 0.472 e. The van der Waals surface area contributed by atoms with Crippen molar-refractivity contribution >= 4 is 19.8 Å². The minimum absolute atomic E-state index is 0.195. The van der Waals surface area contributed by atoms with Crippen LogP contribution in [0.3, 0.4) is 0 Å². The minimum atomic E-state index is -4.56. The third-order valence-electron chi connectivity index (χ3n) is 4.62. The Balaban J connectivity index is 3.98. The number of hydrogen-bond acceptors (Lipinski definition) is 9. The minimum Gasteiger partial charge on any atom is -0.458 e. The third kappa shape index (κ3) is 18.5. The van der Waals surface area contributed by atoms with Gasteiger partial charge in [-0.3, -0.25) is 18.6 Å². The Morgan fingerprint density at radius 1 is 0.781 bits per heavy atom. The van der Waals surface area contributed by atoms with Crippen LogP contribution in [0.25, 0.3) is 0 Å². The lowest BCUT2D eigenvalue weighted by molar-refractivity contribution is -0.153. The first-order chi connectivity index (χ1) is 15.2. The fraction of sp³-hybridized carbons (Fsp3) is 0.905. The van der Waals surface area contributed by atoms with E-state index in [1.54, 1.807) is 0 Å². The Morgan fingerprint density at radius 2 is 1.22 bits per heavy atom. The van der Waals surface area contributed by atoms with Gasteiger partial charge in [-0.05, 0) is 6.42 Å². The molecule has 11 heteroatoms. The summed E-state index contributed by atoms with van der Waals surface area (Å²) in [6, 6.07) is 0. The molecule has 0 aliphatic carbocycles. The third-order valence-corrected chi connectivity index (χ3v) is 5.57. The molecule has 10 nitrogen and oxygen atoms in total. The highest BCUT2D eigenvalue weighted by Crippen LogP contribution is 2.43. The molecule has 0 radical (unpaired) electrons. The van der Waals surface area contributed by atoms with Crippen molar-refractivity contribution in [3.63, 3.8) is 0 Å². The van der Waals surface area contributed by atoms with Gasteiger partial charge in [-0.1, -0.05) is 64.7 Å². The maximum atomic E-state index is 11.9. The highest BCUT2D eigenvalue weighted by Gasteiger charge is 2.27. The van der Waals surface area contributed by atoms with Gasteiger partial charge in [0.1, 0.15) is 12.2 Å². The molecule has 32 heavy (non-hydrogen) atoms. The van der Waals surface area contributed by atoms with Crippen molar-refractivity contribution in [1.82, 2.24) is 0 Å². The van der Waals surface area contributed by atoms with E-state index < -0.39 is 58.4 Å². The molecule has 0 rings (SSSR count). The quantitative estimate of drug-likeness (QED) is 0.126. The zero-order valence-corrected chi connectivity index (χ0v) is 20.3. The Labute approximate surface area is 191 Å². The normalized spacial score (nSPS) is 15.0. The van der Waals surface area contributed by atoms with Crippen LogP contribution in [0.1, 0.15) is 84.5 Å². The van der Waals surface area contributed by atoms with Gasteiger partial charge in [0, 0.05) is 13.3 Å². The average molecular weight is 485 g/mol. The molecule has 0 aliphatic heterocycles. The van der Waals surface area contributed by atoms with E-state index in [0.29, 0.717) is 6.42 Å². The summed E-state index contributed by atoms with van der Waals surface area (Å²) in [7, 11) is -4.56. The van der Waals surface area contributed by atoms with Gasteiger partial charge < -0.3 is 24.6 Å². The van der Waals surface area contributed by atoms with Crippen LogP contribution in [0, 0.1) is 0 Å². The second-order valence-corrected chi connectivity index (χ2v) is 9.15. The molecule has 0 saturated heterocycles. The van der Waals surface area contributed by atoms with E-state index in [1.165, 1.54) is 38.5 Å². The Morgan fingerprint density at radius 3 is 1.66 bits per heavy atom. The Bertz CT molecular complexity index is 543. The monoisotopic (exact) mass is 484 g/mol. The highest BCUT2D eigenvalue weighted by molar-refractivity contribution is 7.47. The zero-order valence-electron chi connectivity index (χ0n) is 19.4. The van der Waals surface area contributed by atoms with Crippen molar-refractivity contribution in [3.8, 4) is 0 Å². The van der Waals surface area contributed by atoms with Crippen LogP contribution in [0.15, 0.2) is 0 Å². The van der Waals surface area contributed by atoms with Crippen LogP contribution in [-0.2, 0) is 32.7 Å². The number of aliphatic hydroxyl groups is 2. The molecule has 0 aliphatic rings. The molecular formula is C21H41O10P. The summed E-state index contributed by atoms with van der Waals surface area (Å²) >= 11 is 0. The molecule has 0 aromatic heterocycles. The van der Waals surface area contributed by atoms with Gasteiger partial charge in [0.15, 0.2) is 0 Å². The van der Waals surface area contributed by atoms with Crippen LogP contribution < -0.4 is 0 Å². The maximum Gasteiger partial charge on any atom is 0.472 e. The molecule has 190 valence electrons. The summed E-state index contributed by atoms with van der Waals surface area (Å²) < 4.78 is 31.0. The SMILES string of the molecule is CCCCCCCCCCCCC(=O)OC(CO)COP(=O)(O)OCC(CO)OC(C)=O. The molecule has 0 fully saturated rings. The van der Waals surface area contributed by atoms with Crippen molar-refractivity contribution in [3.05, 3.63) is 0 Å². The average Bonchev–Trinajstić information content (AvgIpc) is 2.75. The number of hydrogen-bond donors (Lipinski definition) is 3. The van der Waals surface area contributed by atoms with Gasteiger partial charge in [-0.2, -0.15) is 0 Å². The lowest BCUT2D eigenvalue weighted by atomic mass is 10.1. The predicted molar refractivity (Wildman–Crippen MR) is 118 cm³/mol. The van der Waals surface area contributed by atoms with E-state index >= 15 is 0 Å². The molecule has 3 N–H and O–H groups in total. The Kier molecular flexibility index (Phi) is 18.8. The topological polar surface area (TPSA) is 149 Å². The standard InChI is InChI=1S/C21H41O10P/c1-3-4-5-6-7-8-9-10-11-12-13-21(25)31-20(15-23)17-29-32(26,27)28-16-19(14-22)30-18(2)24/h19-20,22-23H,3-17H2,1-2H3,(H,26,27). The van der Waals surface area contributed by atoms with Crippen molar-refractivity contribution < 1.29 is 47.8 Å². The molecular weight excluding hydrogens is 443 g/mol. The van der Waals surface area contributed by atoms with Crippen LogP contribution in [0.4, 0.5) is 0 Å². The number of esters is 2. The lowest BCUT2D eigenvalue weighted by Crippen LogP contribution is -2.28.